The number of benzene rings is 8. The number of aromatic nitrogens is 8. The topological polar surface area (TPSA) is 470 Å². The fourth-order valence-electron chi connectivity index (χ4n) is 10.9. The second kappa shape index (κ2) is 53.0. The summed E-state index contributed by atoms with van der Waals surface area (Å²) < 4.78 is 33.8. The van der Waals surface area contributed by atoms with Gasteiger partial charge in [-0.1, -0.05) is 72.8 Å². The van der Waals surface area contributed by atoms with Crippen molar-refractivity contribution < 1.29 is 172 Å². The summed E-state index contributed by atoms with van der Waals surface area (Å²) in [4.78, 5) is 99.1. The Morgan fingerprint density at radius 1 is 0.429 bits per heavy atom. The van der Waals surface area contributed by atoms with Crippen molar-refractivity contribution in [3.05, 3.63) is 345 Å². The number of nitro groups is 4. The van der Waals surface area contributed by atoms with Crippen LogP contribution in [0, 0.1) is 40.5 Å². The zero-order chi connectivity index (χ0) is 84.8. The molecule has 8 aromatic carbocycles. The first kappa shape index (κ1) is 99.7. The normalized spacial score (nSPS) is 10.1. The van der Waals surface area contributed by atoms with Crippen molar-refractivity contribution >= 4 is 79.7 Å². The van der Waals surface area contributed by atoms with Crippen LogP contribution in [-0.4, -0.2) is 136 Å². The van der Waals surface area contributed by atoms with E-state index in [1.165, 1.54) is 83.5 Å². The van der Waals surface area contributed by atoms with Gasteiger partial charge in [-0.15, -0.1) is 47.3 Å². The van der Waals surface area contributed by atoms with Gasteiger partial charge in [0.05, 0.1) is 75.9 Å². The van der Waals surface area contributed by atoms with Crippen LogP contribution < -0.4 is 144 Å². The Labute approximate surface area is 789 Å². The van der Waals surface area contributed by atoms with Gasteiger partial charge in [0.1, 0.15) is 36.2 Å². The first-order valence-electron chi connectivity index (χ1n) is 34.6. The number of H-pyrrole nitrogens is 3. The number of hydrogen-bond donors (Lipinski definition) is 4. The van der Waals surface area contributed by atoms with Crippen molar-refractivity contribution in [3.63, 3.8) is 0 Å². The fourth-order valence-corrected chi connectivity index (χ4v) is 10.9. The number of aromatic hydroxyl groups is 1. The number of rotatable bonds is 29. The second-order valence-corrected chi connectivity index (χ2v) is 30.7. The van der Waals surface area contributed by atoms with E-state index in [1.807, 2.05) is 54.6 Å². The Morgan fingerprint density at radius 3 is 1.06 bits per heavy atom. The van der Waals surface area contributed by atoms with Gasteiger partial charge in [0.2, 0.25) is 0 Å². The van der Waals surface area contributed by atoms with E-state index in [9.17, 15) is 64.7 Å². The number of phenolic OH excluding ortho intramolecular Hbond substituents is 1. The van der Waals surface area contributed by atoms with Crippen LogP contribution in [0.1, 0.15) is 46.5 Å². The number of nitrogens with zero attached hydrogens (tertiary/aromatic N) is 9. The first-order chi connectivity index (χ1) is 56.3. The number of phenols is 1. The Balaban J connectivity index is 0.000000325. The van der Waals surface area contributed by atoms with E-state index in [0.29, 0.717) is 122 Å². The van der Waals surface area contributed by atoms with Gasteiger partial charge in [-0.25, -0.2) is 20.0 Å². The number of halogens is 3. The van der Waals surface area contributed by atoms with Gasteiger partial charge < -0.3 is 45.1 Å². The minimum atomic E-state index is -0.478. The maximum absolute atomic E-state index is 12.0. The van der Waals surface area contributed by atoms with Gasteiger partial charge in [-0.05, 0) is 117 Å². The van der Waals surface area contributed by atoms with Crippen LogP contribution in [0.2, 0.25) is 0 Å². The van der Waals surface area contributed by atoms with Gasteiger partial charge in [0, 0.05) is 142 Å². The largest absolute Gasteiger partial charge is 1.00 e. The molecule has 12 rings (SSSR count). The molecule has 0 spiro atoms. The monoisotopic (exact) mass is 1870 g/mol. The summed E-state index contributed by atoms with van der Waals surface area (Å²) in [6, 6.07) is 59.6. The van der Waals surface area contributed by atoms with Gasteiger partial charge >= 0.3 is 106 Å². The molecule has 40 heteroatoms. The van der Waals surface area contributed by atoms with Crippen LogP contribution in [0.15, 0.2) is 238 Å². The van der Waals surface area contributed by atoms with E-state index >= 15 is 0 Å². The molecule has 4 heterocycles. The molecule has 0 aliphatic carbocycles. The zero-order valence-electron chi connectivity index (χ0n) is 65.7. The van der Waals surface area contributed by atoms with Crippen molar-refractivity contribution in [2.75, 3.05) is 61.5 Å². The maximum Gasteiger partial charge on any atom is 1.00 e. The Kier molecular flexibility index (Phi) is 44.4. The molecule has 12 aromatic rings. The predicted octanol–water partition coefficient (Wildman–Crippen LogP) is 6.34. The SMILES string of the molecule is BrB(Br)Br.COCCOc1ccc(Cc2ccc(=O)[nH]n2)cc1-c1cccc([N+](=O)[O-])c1.COCCOc1ccc(Cc2ccc(=O)n(CCOC)n2)cc1-c1cccc([N+](=O)[O-])c1.COc1ccc(Cc2ccc(=O)[nH]n2)cc1-c1cccc([N+](=O)[O-])c1.O=CO[O-].O=c1ccc(Cc2ccc(O)c(-c3cccc([N+](=O)[O-])c3)c2)n[nH]1.[H-].[K+].[K+]. The smallest absolute Gasteiger partial charge is 1.00 e. The molecule has 119 heavy (non-hydrogen) atoms. The summed E-state index contributed by atoms with van der Waals surface area (Å²) in [7, 11) is 6.30. The summed E-state index contributed by atoms with van der Waals surface area (Å²) in [5, 5.41) is 86.4. The quantitative estimate of drug-likeness (QED) is 0.00991. The van der Waals surface area contributed by atoms with E-state index in [0.717, 1.165) is 50.3 Å². The number of non-ortho nitro benzene ring substituents is 4. The van der Waals surface area contributed by atoms with Crippen molar-refractivity contribution in [1.82, 2.24) is 40.4 Å². The minimum absolute atomic E-state index is 0. The van der Waals surface area contributed by atoms with Crippen LogP contribution in [0.3, 0.4) is 0 Å². The third-order valence-electron chi connectivity index (χ3n) is 16.2. The van der Waals surface area contributed by atoms with Crippen molar-refractivity contribution in [3.8, 4) is 67.5 Å². The molecular weight excluding hydrogens is 1800 g/mol. The van der Waals surface area contributed by atoms with E-state index < -0.39 is 19.7 Å². The third kappa shape index (κ3) is 33.7. The van der Waals surface area contributed by atoms with E-state index in [1.54, 1.807) is 113 Å². The van der Waals surface area contributed by atoms with Gasteiger partial charge in [-0.2, -0.15) is 20.4 Å². The molecule has 0 saturated heterocycles. The van der Waals surface area contributed by atoms with Crippen LogP contribution in [0.25, 0.3) is 44.5 Å². The molecule has 0 saturated carbocycles. The predicted molar refractivity (Wildman–Crippen MR) is 444 cm³/mol. The summed E-state index contributed by atoms with van der Waals surface area (Å²) >= 11 is 9.31. The fraction of sp³-hybridized carbons (Fsp3) is 0.177. The van der Waals surface area contributed by atoms with Crippen LogP contribution in [0.5, 0.6) is 23.0 Å². The van der Waals surface area contributed by atoms with Gasteiger partial charge in [0.15, 0.2) is 0 Å². The minimum Gasteiger partial charge on any atom is -1.00 e. The average Bonchev–Trinajstić information content (AvgIpc) is 0.830. The molecular formula is C79H74BBr3K2N12O22. The van der Waals surface area contributed by atoms with Crippen molar-refractivity contribution in [2.45, 2.75) is 32.2 Å². The Hall–Kier alpha value is -9.83. The molecule has 0 fully saturated rings. The molecule has 0 bridgehead atoms. The summed E-state index contributed by atoms with van der Waals surface area (Å²) in [6.45, 7) is 2.14. The number of nitrogens with one attached hydrogen (secondary N) is 3. The second-order valence-electron chi connectivity index (χ2n) is 24.2. The van der Waals surface area contributed by atoms with Crippen LogP contribution in [0.4, 0.5) is 22.7 Å². The van der Waals surface area contributed by atoms with Crippen molar-refractivity contribution in [2.24, 2.45) is 0 Å². The molecule has 0 radical (unpaired) electrons. The zero-order valence-corrected chi connectivity index (χ0v) is 75.7. The molecule has 0 aliphatic heterocycles. The number of carbonyl (C=O) groups is 1. The number of ether oxygens (including phenoxy) is 6. The number of aromatic amines is 3. The Morgan fingerprint density at radius 2 is 0.739 bits per heavy atom. The summed E-state index contributed by atoms with van der Waals surface area (Å²) in [5.41, 5.74) is 10.8. The van der Waals surface area contributed by atoms with E-state index in [4.69, 9.17) is 38.5 Å². The van der Waals surface area contributed by atoms with Gasteiger partial charge in [0.25, 0.3) is 51.5 Å². The van der Waals surface area contributed by atoms with E-state index in [-0.39, 0.29) is 165 Å². The number of nitro benzene ring substituents is 4. The average molecular weight is 1870 g/mol. The molecule has 0 aliphatic rings. The third-order valence-corrected chi connectivity index (χ3v) is 16.2. The summed E-state index contributed by atoms with van der Waals surface area (Å²) in [5.74, 6) is 1.87. The summed E-state index contributed by atoms with van der Waals surface area (Å²) in [6.07, 6.45) is 1.95. The molecule has 4 N–H and O–H groups in total. The van der Waals surface area contributed by atoms with Crippen molar-refractivity contribution in [1.29, 1.82) is 0 Å². The number of carbonyl (C=O) groups excluding carboxylic acids is 1. The van der Waals surface area contributed by atoms with Gasteiger partial charge in [-0.3, -0.25) is 64.4 Å². The standard InChI is InChI=1S/C23H25N3O6.C20H19N3O5.C18H15N3O4.C17H13N3O4.CH2O3.BBr3.2K.H/c1-30-11-10-25-23(27)9-7-19(24-25)14-17-6-8-22(32-13-12-31-2)21(15-17)18-4-3-5-20(16-18)26(28)29;1-27-9-10-28-19-7-5-14(11-16-6-8-20(24)22-21-16)12-18(19)15-3-2-4-17(13-15)23(25)26;1-25-17-7-5-12(9-14-6-8-18(22)20-19-14)10-16(17)13-3-2-4-15(11-13)21(23)24;21-16-6-4-11(8-13-5-7-17(22)19-18-13)9-15(16)12-2-1-3-14(10-12)20(23)24;2-1-4-3;2-1(3)4;;;/h3-9,15-16H,10-14H2,1-2H3;2-8,12-13H,9-11H2,1H3,(H,22,24);2-8,10-11H,9H2,1H3,(H,20,22);1-7,9-10,21H,8H2,(H,19,22);1,3H;;;;/q;;;;;;2*+1;-1/p-1. The molecule has 4 aromatic heterocycles. The first-order valence-corrected chi connectivity index (χ1v) is 37.4. The molecule has 0 atom stereocenters. The van der Waals surface area contributed by atoms with Crippen LogP contribution >= 0.6 is 47.3 Å². The molecule has 0 amide bonds. The van der Waals surface area contributed by atoms with Crippen LogP contribution in [-0.2, 0) is 56.1 Å². The Bertz CT molecular complexity index is 5560. The molecule has 608 valence electrons. The number of methoxy groups -OCH3 is 4. The molecule has 0 unspecified atom stereocenters. The molecule has 34 nitrogen and oxygen atoms in total. The maximum atomic E-state index is 12.0. The van der Waals surface area contributed by atoms with E-state index in [2.05, 4.69) is 87.8 Å². The number of hydrogen-bond acceptors (Lipinski definition) is 26.